The smallest absolute Gasteiger partial charge is 0.270 e. The second kappa shape index (κ2) is 4.36. The summed E-state index contributed by atoms with van der Waals surface area (Å²) in [6.45, 7) is -0.473. The molecule has 0 saturated heterocycles. The van der Waals surface area contributed by atoms with Crippen molar-refractivity contribution in [2.24, 2.45) is 0 Å². The summed E-state index contributed by atoms with van der Waals surface area (Å²) in [5, 5.41) is 3.54. The van der Waals surface area contributed by atoms with Gasteiger partial charge in [0.05, 0.1) is 12.7 Å². The molecule has 16 heavy (non-hydrogen) atoms. The van der Waals surface area contributed by atoms with Gasteiger partial charge in [-0.3, -0.25) is 4.68 Å². The Labute approximate surface area is 98.5 Å². The molecule has 0 amide bonds. The van der Waals surface area contributed by atoms with Gasteiger partial charge >= 0.3 is 6.18 Å². The molecule has 1 unspecified atom stereocenters. The van der Waals surface area contributed by atoms with Crippen molar-refractivity contribution in [3.05, 3.63) is 12.4 Å². The van der Waals surface area contributed by atoms with E-state index in [0.29, 0.717) is 0 Å². The largest absolute Gasteiger partial charge is 0.403 e. The van der Waals surface area contributed by atoms with E-state index in [1.165, 1.54) is 0 Å². The zero-order valence-corrected chi connectivity index (χ0v) is 10.5. The number of rotatable bonds is 3. The number of halogens is 4. The molecule has 0 aromatic carbocycles. The van der Waals surface area contributed by atoms with Crippen molar-refractivity contribution in [3.63, 3.8) is 0 Å². The molecular weight excluding hydrogens is 313 g/mol. The van der Waals surface area contributed by atoms with Crippen molar-refractivity contribution < 1.29 is 21.6 Å². The van der Waals surface area contributed by atoms with Crippen LogP contribution in [0.4, 0.5) is 13.2 Å². The fourth-order valence-corrected chi connectivity index (χ4v) is 1.75. The molecule has 0 fully saturated rings. The predicted octanol–water partition coefficient (Wildman–Crippen LogP) is 1.61. The first kappa shape index (κ1) is 13.5. The predicted molar refractivity (Wildman–Crippen MR) is 54.1 cm³/mol. The highest BCUT2D eigenvalue weighted by molar-refractivity contribution is 9.09. The molecule has 9 heteroatoms. The van der Waals surface area contributed by atoms with Crippen molar-refractivity contribution in [1.29, 1.82) is 0 Å². The topological polar surface area (TPSA) is 52.0 Å². The number of sulfone groups is 1. The van der Waals surface area contributed by atoms with Crippen LogP contribution in [0.5, 0.6) is 0 Å². The molecule has 0 N–H and O–H groups in total. The first-order valence-electron chi connectivity index (χ1n) is 4.04. The average Bonchev–Trinajstić information content (AvgIpc) is 2.49. The van der Waals surface area contributed by atoms with Crippen molar-refractivity contribution >= 4 is 25.8 Å². The summed E-state index contributed by atoms with van der Waals surface area (Å²) in [6.07, 6.45) is -1.35. The molecule has 1 aromatic rings. The van der Waals surface area contributed by atoms with Gasteiger partial charge in [0.25, 0.3) is 0 Å². The highest BCUT2D eigenvalue weighted by Crippen LogP contribution is 2.27. The number of nitrogens with zero attached hydrogens (tertiary/aromatic N) is 2. The van der Waals surface area contributed by atoms with E-state index in [1.54, 1.807) is 0 Å². The quantitative estimate of drug-likeness (QED) is 0.795. The lowest BCUT2D eigenvalue weighted by Gasteiger charge is -2.13. The number of hydrogen-bond donors (Lipinski definition) is 0. The SMILES string of the molecule is CS(=O)(=O)c1cnn(CC(Br)C(F)(F)F)c1. The molecule has 1 aromatic heterocycles. The van der Waals surface area contributed by atoms with E-state index in [2.05, 4.69) is 21.0 Å². The summed E-state index contributed by atoms with van der Waals surface area (Å²) in [7, 11) is -3.43. The summed E-state index contributed by atoms with van der Waals surface area (Å²) >= 11 is 2.46. The minimum Gasteiger partial charge on any atom is -0.270 e. The van der Waals surface area contributed by atoms with Crippen LogP contribution in [0.2, 0.25) is 0 Å². The summed E-state index contributed by atoms with van der Waals surface area (Å²) in [4.78, 5) is -1.86. The van der Waals surface area contributed by atoms with Crippen LogP contribution in [0.3, 0.4) is 0 Å². The zero-order valence-electron chi connectivity index (χ0n) is 8.07. The molecule has 0 aliphatic rings. The fourth-order valence-electron chi connectivity index (χ4n) is 0.904. The van der Waals surface area contributed by atoms with Gasteiger partial charge in [-0.05, 0) is 0 Å². The Bertz CT molecular complexity index is 468. The van der Waals surface area contributed by atoms with E-state index in [0.717, 1.165) is 23.3 Å². The maximum absolute atomic E-state index is 12.2. The van der Waals surface area contributed by atoms with Crippen molar-refractivity contribution in [1.82, 2.24) is 9.78 Å². The van der Waals surface area contributed by atoms with Crippen LogP contribution in [-0.4, -0.2) is 35.5 Å². The second-order valence-corrected chi connectivity index (χ2v) is 6.30. The normalized spacial score (nSPS) is 15.1. The summed E-state index contributed by atoms with van der Waals surface area (Å²) in [5.74, 6) is 0. The van der Waals surface area contributed by atoms with E-state index in [4.69, 9.17) is 0 Å². The van der Waals surface area contributed by atoms with Gasteiger partial charge in [-0.1, -0.05) is 15.9 Å². The summed E-state index contributed by atoms with van der Waals surface area (Å²) in [5.41, 5.74) is 0. The Kier molecular flexibility index (Phi) is 3.68. The van der Waals surface area contributed by atoms with E-state index in [-0.39, 0.29) is 4.90 Å². The molecule has 0 aliphatic carbocycles. The Morgan fingerprint density at radius 1 is 1.56 bits per heavy atom. The van der Waals surface area contributed by atoms with Crippen LogP contribution in [0.15, 0.2) is 17.3 Å². The van der Waals surface area contributed by atoms with Crippen LogP contribution in [-0.2, 0) is 16.4 Å². The Morgan fingerprint density at radius 3 is 2.50 bits per heavy atom. The Hall–Kier alpha value is -0.570. The Morgan fingerprint density at radius 2 is 2.12 bits per heavy atom. The third-order valence-corrected chi connectivity index (χ3v) is 3.62. The molecule has 4 nitrogen and oxygen atoms in total. The average molecular weight is 321 g/mol. The van der Waals surface area contributed by atoms with Gasteiger partial charge in [0.15, 0.2) is 9.84 Å². The van der Waals surface area contributed by atoms with Crippen LogP contribution in [0, 0.1) is 0 Å². The molecule has 0 spiro atoms. The first-order chi connectivity index (χ1) is 7.10. The minimum absolute atomic E-state index is 0.102. The van der Waals surface area contributed by atoms with Crippen molar-refractivity contribution in [2.75, 3.05) is 6.26 Å². The Balaban J connectivity index is 2.82. The van der Waals surface area contributed by atoms with Crippen LogP contribution < -0.4 is 0 Å². The van der Waals surface area contributed by atoms with Gasteiger partial charge in [0, 0.05) is 12.5 Å². The molecule has 92 valence electrons. The van der Waals surface area contributed by atoms with E-state index < -0.39 is 27.4 Å². The first-order valence-corrected chi connectivity index (χ1v) is 6.84. The minimum atomic E-state index is -4.39. The fraction of sp³-hybridized carbons (Fsp3) is 0.571. The molecule has 1 atom stereocenters. The molecule has 0 radical (unpaired) electrons. The van der Waals surface area contributed by atoms with Gasteiger partial charge in [-0.2, -0.15) is 18.3 Å². The number of hydrogen-bond acceptors (Lipinski definition) is 3. The van der Waals surface area contributed by atoms with Gasteiger partial charge in [-0.15, -0.1) is 0 Å². The molecule has 1 rings (SSSR count). The molecule has 0 saturated carbocycles. The maximum atomic E-state index is 12.2. The molecule has 1 heterocycles. The summed E-state index contributed by atoms with van der Waals surface area (Å²) < 4.78 is 59.5. The molecule has 0 bridgehead atoms. The third kappa shape index (κ3) is 3.48. The van der Waals surface area contributed by atoms with E-state index >= 15 is 0 Å². The number of aromatic nitrogens is 2. The lowest BCUT2D eigenvalue weighted by Crippen LogP contribution is -2.27. The van der Waals surface area contributed by atoms with Crippen LogP contribution in [0.1, 0.15) is 0 Å². The van der Waals surface area contributed by atoms with Crippen LogP contribution >= 0.6 is 15.9 Å². The highest BCUT2D eigenvalue weighted by atomic mass is 79.9. The zero-order chi connectivity index (χ0) is 12.6. The van der Waals surface area contributed by atoms with Crippen molar-refractivity contribution in [3.8, 4) is 0 Å². The summed E-state index contributed by atoms with van der Waals surface area (Å²) in [6, 6.07) is 0. The highest BCUT2D eigenvalue weighted by Gasteiger charge is 2.38. The van der Waals surface area contributed by atoms with Gasteiger partial charge in [0.1, 0.15) is 9.72 Å². The third-order valence-electron chi connectivity index (χ3n) is 1.74. The van der Waals surface area contributed by atoms with Crippen LogP contribution in [0.25, 0.3) is 0 Å². The van der Waals surface area contributed by atoms with Gasteiger partial charge in [-0.25, -0.2) is 8.42 Å². The monoisotopic (exact) mass is 320 g/mol. The van der Waals surface area contributed by atoms with E-state index in [9.17, 15) is 21.6 Å². The molecule has 0 aliphatic heterocycles. The lowest BCUT2D eigenvalue weighted by molar-refractivity contribution is -0.129. The van der Waals surface area contributed by atoms with Gasteiger partial charge < -0.3 is 0 Å². The van der Waals surface area contributed by atoms with Crippen molar-refractivity contribution in [2.45, 2.75) is 22.4 Å². The molecular formula is C7H8BrF3N2O2S. The maximum Gasteiger partial charge on any atom is 0.403 e. The number of alkyl halides is 4. The standard InChI is InChI=1S/C7H8BrF3N2O2S/c1-16(14,15)5-2-12-13(3-5)4-6(8)7(9,10)11/h2-3,6H,4H2,1H3. The van der Waals surface area contributed by atoms with Gasteiger partial charge in [0.2, 0.25) is 0 Å². The second-order valence-electron chi connectivity index (χ2n) is 3.18. The van der Waals surface area contributed by atoms with E-state index in [1.807, 2.05) is 0 Å². The lowest BCUT2D eigenvalue weighted by atomic mass is 10.4.